The average Bonchev–Trinajstić information content (AvgIpc) is 2.19. The molecular formula is C9H18N2O2. The van der Waals surface area contributed by atoms with Gasteiger partial charge in [0.15, 0.2) is 0 Å². The molecule has 13 heavy (non-hydrogen) atoms. The van der Waals surface area contributed by atoms with E-state index in [4.69, 9.17) is 10.5 Å². The van der Waals surface area contributed by atoms with Crippen LogP contribution in [-0.4, -0.2) is 31.7 Å². The summed E-state index contributed by atoms with van der Waals surface area (Å²) in [6.07, 6.45) is 1.67. The first-order chi connectivity index (χ1) is 6.24. The zero-order chi connectivity index (χ0) is 9.68. The minimum atomic E-state index is 0.0790. The maximum absolute atomic E-state index is 11.5. The van der Waals surface area contributed by atoms with Crippen molar-refractivity contribution in [1.29, 1.82) is 0 Å². The third-order valence-corrected chi connectivity index (χ3v) is 2.33. The Morgan fingerprint density at radius 2 is 2.23 bits per heavy atom. The van der Waals surface area contributed by atoms with Crippen molar-refractivity contribution in [2.24, 2.45) is 11.7 Å². The number of hydrogen-bond donors (Lipinski definition) is 2. The average molecular weight is 186 g/mol. The van der Waals surface area contributed by atoms with E-state index in [2.05, 4.69) is 5.32 Å². The highest BCUT2D eigenvalue weighted by molar-refractivity contribution is 5.78. The minimum Gasteiger partial charge on any atom is -0.381 e. The Hall–Kier alpha value is -0.610. The van der Waals surface area contributed by atoms with Gasteiger partial charge in [0.25, 0.3) is 0 Å². The molecule has 1 aliphatic heterocycles. The van der Waals surface area contributed by atoms with E-state index < -0.39 is 0 Å². The number of nitrogens with two attached hydrogens (primary N) is 1. The molecule has 0 aromatic rings. The number of hydrogen-bond acceptors (Lipinski definition) is 3. The van der Waals surface area contributed by atoms with E-state index in [0.717, 1.165) is 12.8 Å². The van der Waals surface area contributed by atoms with Crippen LogP contribution in [0.15, 0.2) is 0 Å². The molecule has 1 amide bonds. The van der Waals surface area contributed by atoms with Gasteiger partial charge in [0, 0.05) is 31.7 Å². The summed E-state index contributed by atoms with van der Waals surface area (Å²) >= 11 is 0. The van der Waals surface area contributed by atoms with Crippen LogP contribution in [0.2, 0.25) is 0 Å². The number of nitrogens with one attached hydrogen (secondary N) is 1. The lowest BCUT2D eigenvalue weighted by Crippen LogP contribution is -2.42. The van der Waals surface area contributed by atoms with Crippen LogP contribution in [0.1, 0.15) is 19.8 Å². The minimum absolute atomic E-state index is 0.0790. The zero-order valence-corrected chi connectivity index (χ0v) is 8.08. The first-order valence-corrected chi connectivity index (χ1v) is 4.82. The smallest absolute Gasteiger partial charge is 0.223 e. The van der Waals surface area contributed by atoms with Gasteiger partial charge in [0.05, 0.1) is 0 Å². The molecule has 1 saturated heterocycles. The van der Waals surface area contributed by atoms with Crippen molar-refractivity contribution in [3.05, 3.63) is 0 Å². The molecule has 1 unspecified atom stereocenters. The maximum Gasteiger partial charge on any atom is 0.223 e. The van der Waals surface area contributed by atoms with Crippen LogP contribution in [0.25, 0.3) is 0 Å². The van der Waals surface area contributed by atoms with E-state index in [1.54, 1.807) is 0 Å². The molecule has 0 radical (unpaired) electrons. The van der Waals surface area contributed by atoms with Crippen LogP contribution in [0.4, 0.5) is 0 Å². The number of amides is 1. The molecule has 3 N–H and O–H groups in total. The molecule has 1 aliphatic rings. The van der Waals surface area contributed by atoms with Crippen LogP contribution in [-0.2, 0) is 9.53 Å². The van der Waals surface area contributed by atoms with Gasteiger partial charge in [0.1, 0.15) is 0 Å². The molecule has 0 bridgehead atoms. The van der Waals surface area contributed by atoms with Crippen molar-refractivity contribution in [3.8, 4) is 0 Å². The van der Waals surface area contributed by atoms with Crippen LogP contribution in [0.3, 0.4) is 0 Å². The Morgan fingerprint density at radius 1 is 1.62 bits per heavy atom. The van der Waals surface area contributed by atoms with Crippen LogP contribution in [0.5, 0.6) is 0 Å². The second-order valence-corrected chi connectivity index (χ2v) is 3.53. The molecule has 1 rings (SSSR count). The predicted molar refractivity (Wildman–Crippen MR) is 50.2 cm³/mol. The fraction of sp³-hybridized carbons (Fsp3) is 0.889. The summed E-state index contributed by atoms with van der Waals surface area (Å²) in [4.78, 5) is 11.5. The summed E-state index contributed by atoms with van der Waals surface area (Å²) in [6.45, 7) is 3.82. The number of carbonyl (C=O) groups is 1. The maximum atomic E-state index is 11.5. The summed E-state index contributed by atoms with van der Waals surface area (Å²) < 4.78 is 5.18. The quantitative estimate of drug-likeness (QED) is 0.645. The largest absolute Gasteiger partial charge is 0.381 e. The van der Waals surface area contributed by atoms with Gasteiger partial charge in [-0.15, -0.1) is 0 Å². The predicted octanol–water partition coefficient (Wildman–Crippen LogP) is -0.124. The number of ether oxygens (including phenoxy) is 1. The SMILES string of the molecule is CC(CN)NC(=O)C1CCOCC1. The molecular weight excluding hydrogens is 168 g/mol. The molecule has 1 atom stereocenters. The Labute approximate surface area is 78.8 Å². The summed E-state index contributed by atoms with van der Waals surface area (Å²) in [6, 6.07) is 0.0790. The number of carbonyl (C=O) groups excluding carboxylic acids is 1. The monoisotopic (exact) mass is 186 g/mol. The third kappa shape index (κ3) is 3.32. The first kappa shape index (κ1) is 10.5. The fourth-order valence-electron chi connectivity index (χ4n) is 1.38. The lowest BCUT2D eigenvalue weighted by Gasteiger charge is -2.22. The van der Waals surface area contributed by atoms with Crippen molar-refractivity contribution in [3.63, 3.8) is 0 Å². The second kappa shape index (κ2) is 5.19. The summed E-state index contributed by atoms with van der Waals surface area (Å²) in [5, 5.41) is 2.88. The zero-order valence-electron chi connectivity index (χ0n) is 8.08. The van der Waals surface area contributed by atoms with Gasteiger partial charge in [-0.2, -0.15) is 0 Å². The van der Waals surface area contributed by atoms with Crippen molar-refractivity contribution < 1.29 is 9.53 Å². The molecule has 0 saturated carbocycles. The van der Waals surface area contributed by atoms with Gasteiger partial charge >= 0.3 is 0 Å². The lowest BCUT2D eigenvalue weighted by atomic mass is 9.99. The van der Waals surface area contributed by atoms with Gasteiger partial charge < -0.3 is 15.8 Å². The van der Waals surface area contributed by atoms with Crippen molar-refractivity contribution in [2.45, 2.75) is 25.8 Å². The third-order valence-electron chi connectivity index (χ3n) is 2.33. The second-order valence-electron chi connectivity index (χ2n) is 3.53. The van der Waals surface area contributed by atoms with Gasteiger partial charge in [0.2, 0.25) is 5.91 Å². The Morgan fingerprint density at radius 3 is 2.77 bits per heavy atom. The highest BCUT2D eigenvalue weighted by Gasteiger charge is 2.21. The van der Waals surface area contributed by atoms with Crippen molar-refractivity contribution in [2.75, 3.05) is 19.8 Å². The van der Waals surface area contributed by atoms with E-state index >= 15 is 0 Å². The molecule has 0 spiro atoms. The normalized spacial score (nSPS) is 21.1. The Balaban J connectivity index is 2.29. The fourth-order valence-corrected chi connectivity index (χ4v) is 1.38. The lowest BCUT2D eigenvalue weighted by molar-refractivity contribution is -0.128. The van der Waals surface area contributed by atoms with E-state index in [9.17, 15) is 4.79 Å². The molecule has 4 nitrogen and oxygen atoms in total. The van der Waals surface area contributed by atoms with Crippen molar-refractivity contribution >= 4 is 5.91 Å². The van der Waals surface area contributed by atoms with Gasteiger partial charge in [-0.25, -0.2) is 0 Å². The highest BCUT2D eigenvalue weighted by atomic mass is 16.5. The summed E-state index contributed by atoms with van der Waals surface area (Å²) in [5.41, 5.74) is 5.41. The summed E-state index contributed by atoms with van der Waals surface area (Å²) in [7, 11) is 0. The standard InChI is InChI=1S/C9H18N2O2/c1-7(6-10)11-9(12)8-2-4-13-5-3-8/h7-8H,2-6,10H2,1H3,(H,11,12). The van der Waals surface area contributed by atoms with Gasteiger partial charge in [-0.05, 0) is 19.8 Å². The topological polar surface area (TPSA) is 64.3 Å². The van der Waals surface area contributed by atoms with E-state index in [0.29, 0.717) is 19.8 Å². The summed E-state index contributed by atoms with van der Waals surface area (Å²) in [5.74, 6) is 0.254. The molecule has 0 aliphatic carbocycles. The molecule has 4 heteroatoms. The van der Waals surface area contributed by atoms with Gasteiger partial charge in [-0.3, -0.25) is 4.79 Å². The van der Waals surface area contributed by atoms with Crippen LogP contribution in [0, 0.1) is 5.92 Å². The van der Waals surface area contributed by atoms with Crippen LogP contribution < -0.4 is 11.1 Å². The van der Waals surface area contributed by atoms with Crippen molar-refractivity contribution in [1.82, 2.24) is 5.32 Å². The highest BCUT2D eigenvalue weighted by Crippen LogP contribution is 2.14. The number of rotatable bonds is 3. The molecule has 0 aromatic heterocycles. The molecule has 1 fully saturated rings. The molecule has 0 aromatic carbocycles. The first-order valence-electron chi connectivity index (χ1n) is 4.82. The van der Waals surface area contributed by atoms with Crippen LogP contribution >= 0.6 is 0 Å². The molecule has 1 heterocycles. The Bertz CT molecular complexity index is 167. The van der Waals surface area contributed by atoms with E-state index in [1.165, 1.54) is 0 Å². The van der Waals surface area contributed by atoms with E-state index in [-0.39, 0.29) is 17.9 Å². The van der Waals surface area contributed by atoms with E-state index in [1.807, 2.05) is 6.92 Å². The molecule has 76 valence electrons. The Kier molecular flexibility index (Phi) is 4.18. The van der Waals surface area contributed by atoms with Gasteiger partial charge in [-0.1, -0.05) is 0 Å².